The number of H-pyrrole nitrogens is 1. The second kappa shape index (κ2) is 7.25. The quantitative estimate of drug-likeness (QED) is 0.550. The summed E-state index contributed by atoms with van der Waals surface area (Å²) in [6.07, 6.45) is 0.651. The molecule has 0 amide bonds. The van der Waals surface area contributed by atoms with E-state index in [9.17, 15) is 13.8 Å². The highest BCUT2D eigenvalue weighted by molar-refractivity contribution is 7.84. The second-order valence-electron chi connectivity index (χ2n) is 6.06. The monoisotopic (exact) mass is 369 g/mol. The van der Waals surface area contributed by atoms with Crippen molar-refractivity contribution < 1.29 is 18.5 Å². The first kappa shape index (κ1) is 18.1. The Bertz CT molecular complexity index is 1000. The average molecular weight is 369 g/mol. The third-order valence-electron chi connectivity index (χ3n) is 4.21. The number of esters is 1. The number of rotatable bonds is 5. The lowest BCUT2D eigenvalue weighted by molar-refractivity contribution is 0.0319. The Labute approximate surface area is 153 Å². The maximum Gasteiger partial charge on any atom is 0.338 e. The van der Waals surface area contributed by atoms with Gasteiger partial charge in [0.05, 0.1) is 5.56 Å². The van der Waals surface area contributed by atoms with Crippen molar-refractivity contribution in [3.05, 3.63) is 65.4 Å². The zero-order valence-electron chi connectivity index (χ0n) is 14.7. The van der Waals surface area contributed by atoms with Crippen LogP contribution in [0.25, 0.3) is 10.9 Å². The molecule has 0 radical (unpaired) electrons. The number of ether oxygens (including phenoxy) is 1. The van der Waals surface area contributed by atoms with Crippen LogP contribution in [0.3, 0.4) is 0 Å². The molecule has 6 heteroatoms. The molecule has 0 unspecified atom stereocenters. The van der Waals surface area contributed by atoms with Gasteiger partial charge in [0, 0.05) is 44.1 Å². The van der Waals surface area contributed by atoms with E-state index in [1.165, 1.54) is 0 Å². The van der Waals surface area contributed by atoms with E-state index in [-0.39, 0.29) is 5.78 Å². The molecular weight excluding hydrogens is 350 g/mol. The van der Waals surface area contributed by atoms with Crippen molar-refractivity contribution in [1.82, 2.24) is 4.98 Å². The van der Waals surface area contributed by atoms with Gasteiger partial charge < -0.3 is 9.72 Å². The Morgan fingerprint density at radius 2 is 1.73 bits per heavy atom. The molecule has 0 saturated carbocycles. The molecule has 1 aromatic heterocycles. The van der Waals surface area contributed by atoms with Crippen molar-refractivity contribution in [3.8, 4) is 0 Å². The Kier molecular flexibility index (Phi) is 5.04. The SMILES string of the molecule is Cc1[nH]c2ccccc2c1C(=O)[C@H](C)OC(=O)c1ccc([S@](C)=O)cc1. The summed E-state index contributed by atoms with van der Waals surface area (Å²) in [4.78, 5) is 28.9. The molecule has 1 heterocycles. The van der Waals surface area contributed by atoms with Gasteiger partial charge in [-0.2, -0.15) is 0 Å². The fourth-order valence-corrected chi connectivity index (χ4v) is 3.38. The number of hydrogen-bond acceptors (Lipinski definition) is 4. The van der Waals surface area contributed by atoms with E-state index in [0.29, 0.717) is 16.0 Å². The van der Waals surface area contributed by atoms with E-state index in [2.05, 4.69) is 4.98 Å². The second-order valence-corrected chi connectivity index (χ2v) is 7.44. The normalized spacial score (nSPS) is 13.3. The summed E-state index contributed by atoms with van der Waals surface area (Å²) < 4.78 is 16.8. The number of hydrogen-bond donors (Lipinski definition) is 1. The molecule has 0 aliphatic heterocycles. The van der Waals surface area contributed by atoms with Crippen LogP contribution in [0.2, 0.25) is 0 Å². The third kappa shape index (κ3) is 3.46. The standard InChI is InChI=1S/C20H19NO4S/c1-12-18(16-6-4-5-7-17(16)21-12)19(22)13(2)25-20(23)14-8-10-15(11-9-14)26(3)24/h4-11,13,21H,1-3H3/t13-,26-/m0/s1. The molecule has 3 aromatic rings. The van der Waals surface area contributed by atoms with Gasteiger partial charge in [-0.1, -0.05) is 18.2 Å². The molecule has 0 fully saturated rings. The van der Waals surface area contributed by atoms with Crippen LogP contribution in [0.5, 0.6) is 0 Å². The first-order valence-corrected chi connectivity index (χ1v) is 9.70. The van der Waals surface area contributed by atoms with Gasteiger partial charge in [0.1, 0.15) is 0 Å². The van der Waals surface area contributed by atoms with Gasteiger partial charge >= 0.3 is 5.97 Å². The van der Waals surface area contributed by atoms with Gasteiger partial charge in [0.2, 0.25) is 5.78 Å². The maximum absolute atomic E-state index is 12.8. The lowest BCUT2D eigenvalue weighted by Gasteiger charge is -2.13. The Morgan fingerprint density at radius 1 is 1.08 bits per heavy atom. The lowest BCUT2D eigenvalue weighted by Crippen LogP contribution is -2.24. The van der Waals surface area contributed by atoms with Crippen LogP contribution in [-0.4, -0.2) is 33.3 Å². The zero-order valence-corrected chi connectivity index (χ0v) is 15.6. The Hall–Kier alpha value is -2.73. The topological polar surface area (TPSA) is 76.2 Å². The maximum atomic E-state index is 12.8. The molecule has 3 rings (SSSR count). The van der Waals surface area contributed by atoms with Gasteiger partial charge in [-0.05, 0) is 44.2 Å². The summed E-state index contributed by atoms with van der Waals surface area (Å²) in [5, 5.41) is 0.813. The number of fused-ring (bicyclic) bond motifs is 1. The van der Waals surface area contributed by atoms with Crippen molar-refractivity contribution in [2.45, 2.75) is 24.8 Å². The molecule has 0 saturated heterocycles. The summed E-state index contributed by atoms with van der Waals surface area (Å²) in [6, 6.07) is 13.8. The van der Waals surface area contributed by atoms with Gasteiger partial charge in [-0.3, -0.25) is 9.00 Å². The van der Waals surface area contributed by atoms with Gasteiger partial charge in [0.15, 0.2) is 6.10 Å². The molecule has 134 valence electrons. The minimum absolute atomic E-state index is 0.250. The molecule has 0 bridgehead atoms. The number of carbonyl (C=O) groups excluding carboxylic acids is 2. The minimum Gasteiger partial charge on any atom is -0.451 e. The number of aromatic amines is 1. The summed E-state index contributed by atoms with van der Waals surface area (Å²) in [5.74, 6) is -0.837. The van der Waals surface area contributed by atoms with Crippen LogP contribution in [0.4, 0.5) is 0 Å². The van der Waals surface area contributed by atoms with Crippen LogP contribution in [0.15, 0.2) is 53.4 Å². The lowest BCUT2D eigenvalue weighted by atomic mass is 10.0. The number of Topliss-reactive ketones (excluding diaryl/α,β-unsaturated/α-hetero) is 1. The molecule has 5 nitrogen and oxygen atoms in total. The number of aryl methyl sites for hydroxylation is 1. The summed E-state index contributed by atoms with van der Waals surface area (Å²) >= 11 is 0. The largest absolute Gasteiger partial charge is 0.451 e. The minimum atomic E-state index is -1.11. The molecule has 0 aliphatic carbocycles. The number of ketones is 1. The van der Waals surface area contributed by atoms with E-state index in [1.54, 1.807) is 37.4 Å². The molecular formula is C20H19NO4S. The van der Waals surface area contributed by atoms with Crippen molar-refractivity contribution in [2.24, 2.45) is 0 Å². The zero-order chi connectivity index (χ0) is 18.8. The summed E-state index contributed by atoms with van der Waals surface area (Å²) in [5.41, 5.74) is 2.47. The van der Waals surface area contributed by atoms with E-state index < -0.39 is 22.9 Å². The number of carbonyl (C=O) groups is 2. The molecule has 0 spiro atoms. The first-order valence-electron chi connectivity index (χ1n) is 8.14. The first-order chi connectivity index (χ1) is 12.4. The van der Waals surface area contributed by atoms with Crippen LogP contribution < -0.4 is 0 Å². The third-order valence-corrected chi connectivity index (χ3v) is 5.15. The van der Waals surface area contributed by atoms with Gasteiger partial charge in [-0.25, -0.2) is 4.79 Å². The summed E-state index contributed by atoms with van der Waals surface area (Å²) in [7, 11) is -1.11. The van der Waals surface area contributed by atoms with E-state index in [4.69, 9.17) is 4.74 Å². The van der Waals surface area contributed by atoms with E-state index in [0.717, 1.165) is 16.6 Å². The molecule has 2 atom stereocenters. The fraction of sp³-hybridized carbons (Fsp3) is 0.200. The number of benzene rings is 2. The van der Waals surface area contributed by atoms with Crippen molar-refractivity contribution in [2.75, 3.05) is 6.26 Å². The Morgan fingerprint density at radius 3 is 2.38 bits per heavy atom. The molecule has 26 heavy (non-hydrogen) atoms. The van der Waals surface area contributed by atoms with E-state index in [1.807, 2.05) is 31.2 Å². The number of aromatic nitrogens is 1. The molecule has 1 N–H and O–H groups in total. The predicted octanol–water partition coefficient (Wildman–Crippen LogP) is 3.64. The van der Waals surface area contributed by atoms with Crippen LogP contribution in [0.1, 0.15) is 33.3 Å². The highest BCUT2D eigenvalue weighted by Gasteiger charge is 2.24. The van der Waals surface area contributed by atoms with Crippen molar-refractivity contribution in [1.29, 1.82) is 0 Å². The van der Waals surface area contributed by atoms with Crippen molar-refractivity contribution in [3.63, 3.8) is 0 Å². The highest BCUT2D eigenvalue weighted by atomic mass is 32.2. The van der Waals surface area contributed by atoms with Crippen LogP contribution in [-0.2, 0) is 15.5 Å². The molecule has 2 aromatic carbocycles. The van der Waals surface area contributed by atoms with E-state index >= 15 is 0 Å². The summed E-state index contributed by atoms with van der Waals surface area (Å²) in [6.45, 7) is 3.39. The van der Waals surface area contributed by atoms with Gasteiger partial charge in [-0.15, -0.1) is 0 Å². The Balaban J connectivity index is 1.79. The van der Waals surface area contributed by atoms with Crippen LogP contribution >= 0.6 is 0 Å². The smallest absolute Gasteiger partial charge is 0.338 e. The highest BCUT2D eigenvalue weighted by Crippen LogP contribution is 2.24. The number of para-hydroxylation sites is 1. The molecule has 0 aliphatic rings. The fourth-order valence-electron chi connectivity index (χ4n) is 2.86. The average Bonchev–Trinajstić information content (AvgIpc) is 2.96. The van der Waals surface area contributed by atoms with Gasteiger partial charge in [0.25, 0.3) is 0 Å². The number of nitrogens with one attached hydrogen (secondary N) is 1. The van der Waals surface area contributed by atoms with Crippen LogP contribution in [0, 0.1) is 6.92 Å². The predicted molar refractivity (Wildman–Crippen MR) is 101 cm³/mol. The van der Waals surface area contributed by atoms with Crippen molar-refractivity contribution >= 4 is 33.5 Å².